The lowest BCUT2D eigenvalue weighted by atomic mass is 10.2. The topological polar surface area (TPSA) is 67.8 Å². The molecule has 1 aromatic rings. The predicted molar refractivity (Wildman–Crippen MR) is 62.9 cm³/mol. The molecule has 0 aliphatic carbocycles. The van der Waals surface area contributed by atoms with Crippen LogP contribution in [-0.2, 0) is 9.57 Å². The van der Waals surface area contributed by atoms with E-state index in [-0.39, 0.29) is 16.9 Å². The lowest BCUT2D eigenvalue weighted by Crippen LogP contribution is -2.32. The summed E-state index contributed by atoms with van der Waals surface area (Å²) in [6, 6.07) is 1.55. The zero-order chi connectivity index (χ0) is 12.3. The van der Waals surface area contributed by atoms with E-state index in [9.17, 15) is 9.90 Å². The minimum Gasteiger partial charge on any atom is -0.506 e. The Morgan fingerprint density at radius 2 is 2.47 bits per heavy atom. The van der Waals surface area contributed by atoms with Crippen molar-refractivity contribution in [3.63, 3.8) is 0 Å². The monoisotopic (exact) mass is 257 g/mol. The highest BCUT2D eigenvalue weighted by atomic mass is 32.1. The van der Waals surface area contributed by atoms with Crippen molar-refractivity contribution >= 4 is 17.2 Å². The number of aryl methyl sites for hydroxylation is 1. The van der Waals surface area contributed by atoms with Gasteiger partial charge in [0.25, 0.3) is 5.91 Å². The van der Waals surface area contributed by atoms with Crippen molar-refractivity contribution in [1.29, 1.82) is 0 Å². The zero-order valence-corrected chi connectivity index (χ0v) is 10.4. The molecule has 5 nitrogen and oxygen atoms in total. The van der Waals surface area contributed by atoms with Crippen molar-refractivity contribution in [3.05, 3.63) is 15.8 Å². The van der Waals surface area contributed by atoms with E-state index in [1.54, 1.807) is 6.07 Å². The van der Waals surface area contributed by atoms with Crippen LogP contribution in [0.1, 0.15) is 33.8 Å². The molecule has 0 saturated carbocycles. The molecule has 0 radical (unpaired) electrons. The number of carbonyl (C=O) groups excluding carboxylic acids is 1. The second-order valence-electron chi connectivity index (χ2n) is 3.92. The Bertz CT molecular complexity index is 398. The number of ether oxygens (including phenoxy) is 1. The van der Waals surface area contributed by atoms with Gasteiger partial charge in [0.15, 0.2) is 6.29 Å². The fraction of sp³-hybridized carbons (Fsp3) is 0.545. The molecule has 1 saturated heterocycles. The lowest BCUT2D eigenvalue weighted by Gasteiger charge is -2.21. The van der Waals surface area contributed by atoms with E-state index >= 15 is 0 Å². The van der Waals surface area contributed by atoms with Crippen LogP contribution < -0.4 is 5.48 Å². The van der Waals surface area contributed by atoms with E-state index in [4.69, 9.17) is 9.57 Å². The summed E-state index contributed by atoms with van der Waals surface area (Å²) in [4.78, 5) is 18.0. The minimum absolute atomic E-state index is 0.0156. The van der Waals surface area contributed by atoms with Crippen LogP contribution in [0.15, 0.2) is 6.07 Å². The molecular formula is C11H15NO4S. The molecule has 1 fully saturated rings. The van der Waals surface area contributed by atoms with Gasteiger partial charge in [-0.25, -0.2) is 10.3 Å². The van der Waals surface area contributed by atoms with Gasteiger partial charge in [-0.2, -0.15) is 0 Å². The fourth-order valence-corrected chi connectivity index (χ4v) is 2.42. The van der Waals surface area contributed by atoms with Crippen LogP contribution in [0.2, 0.25) is 0 Å². The highest BCUT2D eigenvalue weighted by Crippen LogP contribution is 2.27. The molecule has 1 amide bonds. The van der Waals surface area contributed by atoms with Gasteiger partial charge in [-0.1, -0.05) is 0 Å². The second-order valence-corrected chi connectivity index (χ2v) is 5.17. The summed E-state index contributed by atoms with van der Waals surface area (Å²) < 4.78 is 5.30. The number of aromatic hydroxyl groups is 1. The lowest BCUT2D eigenvalue weighted by molar-refractivity contribution is -0.186. The van der Waals surface area contributed by atoms with Crippen molar-refractivity contribution in [1.82, 2.24) is 5.48 Å². The van der Waals surface area contributed by atoms with Crippen LogP contribution in [0.4, 0.5) is 0 Å². The Morgan fingerprint density at radius 3 is 3.06 bits per heavy atom. The van der Waals surface area contributed by atoms with Crippen molar-refractivity contribution < 1.29 is 19.5 Å². The fourth-order valence-electron chi connectivity index (χ4n) is 1.63. The van der Waals surface area contributed by atoms with Gasteiger partial charge < -0.3 is 9.84 Å². The first-order valence-corrected chi connectivity index (χ1v) is 6.35. The standard InChI is InChI=1S/C11H15NO4S/c1-7-6-8(13)10(17-7)11(14)12-16-9-4-2-3-5-15-9/h6,9,13H,2-5H2,1H3,(H,12,14). The maximum Gasteiger partial charge on any atom is 0.288 e. The zero-order valence-electron chi connectivity index (χ0n) is 9.56. The number of hydroxylamine groups is 1. The molecule has 17 heavy (non-hydrogen) atoms. The highest BCUT2D eigenvalue weighted by Gasteiger charge is 2.19. The summed E-state index contributed by atoms with van der Waals surface area (Å²) >= 11 is 1.23. The van der Waals surface area contributed by atoms with Gasteiger partial charge in [0.1, 0.15) is 10.6 Å². The summed E-state index contributed by atoms with van der Waals surface area (Å²) in [5, 5.41) is 9.50. The Balaban J connectivity index is 1.86. The van der Waals surface area contributed by atoms with Gasteiger partial charge in [-0.15, -0.1) is 11.3 Å². The van der Waals surface area contributed by atoms with Crippen LogP contribution >= 0.6 is 11.3 Å². The quantitative estimate of drug-likeness (QED) is 0.812. The van der Waals surface area contributed by atoms with Crippen molar-refractivity contribution in [2.75, 3.05) is 6.61 Å². The predicted octanol–water partition coefficient (Wildman–Crippen LogP) is 1.95. The average molecular weight is 257 g/mol. The second kappa shape index (κ2) is 5.48. The van der Waals surface area contributed by atoms with Crippen molar-refractivity contribution in [3.8, 4) is 5.75 Å². The number of hydrogen-bond acceptors (Lipinski definition) is 5. The van der Waals surface area contributed by atoms with Crippen molar-refractivity contribution in [2.45, 2.75) is 32.5 Å². The van der Waals surface area contributed by atoms with Gasteiger partial charge in [0.05, 0.1) is 0 Å². The first kappa shape index (κ1) is 12.3. The smallest absolute Gasteiger partial charge is 0.288 e. The maximum atomic E-state index is 11.7. The molecule has 1 aromatic heterocycles. The molecule has 0 spiro atoms. The third-order valence-corrected chi connectivity index (χ3v) is 3.50. The largest absolute Gasteiger partial charge is 0.506 e. The normalized spacial score (nSPS) is 20.2. The third-order valence-electron chi connectivity index (χ3n) is 2.46. The van der Waals surface area contributed by atoms with Crippen LogP contribution in [0.5, 0.6) is 5.75 Å². The van der Waals surface area contributed by atoms with E-state index in [0.717, 1.165) is 24.1 Å². The van der Waals surface area contributed by atoms with E-state index in [1.807, 2.05) is 6.92 Å². The van der Waals surface area contributed by atoms with Crippen LogP contribution in [0.25, 0.3) is 0 Å². The molecule has 6 heteroatoms. The molecule has 2 rings (SSSR count). The highest BCUT2D eigenvalue weighted by molar-refractivity contribution is 7.14. The molecule has 1 atom stereocenters. The van der Waals surface area contributed by atoms with Gasteiger partial charge in [-0.3, -0.25) is 4.79 Å². The van der Waals surface area contributed by atoms with E-state index < -0.39 is 5.91 Å². The van der Waals surface area contributed by atoms with Crippen LogP contribution in [0, 0.1) is 6.92 Å². The van der Waals surface area contributed by atoms with E-state index in [1.165, 1.54) is 11.3 Å². The Morgan fingerprint density at radius 1 is 1.65 bits per heavy atom. The summed E-state index contributed by atoms with van der Waals surface area (Å²) in [5.74, 6) is -0.451. The molecular weight excluding hydrogens is 242 g/mol. The number of carbonyl (C=O) groups is 1. The Hall–Kier alpha value is -1.11. The van der Waals surface area contributed by atoms with Crippen LogP contribution in [0.3, 0.4) is 0 Å². The number of thiophene rings is 1. The summed E-state index contributed by atoms with van der Waals surface area (Å²) in [5.41, 5.74) is 2.31. The number of amides is 1. The van der Waals surface area contributed by atoms with Gasteiger partial charge in [-0.05, 0) is 25.8 Å². The summed E-state index contributed by atoms with van der Waals surface area (Å²) in [7, 11) is 0. The molecule has 1 aliphatic heterocycles. The van der Waals surface area contributed by atoms with Crippen molar-refractivity contribution in [2.24, 2.45) is 0 Å². The molecule has 1 unspecified atom stereocenters. The minimum atomic E-state index is -0.435. The SMILES string of the molecule is Cc1cc(O)c(C(=O)NOC2CCCCO2)s1. The van der Waals surface area contributed by atoms with Gasteiger partial charge in [0.2, 0.25) is 0 Å². The van der Waals surface area contributed by atoms with E-state index in [0.29, 0.717) is 6.61 Å². The first-order valence-electron chi connectivity index (χ1n) is 5.54. The molecule has 94 valence electrons. The number of rotatable bonds is 3. The molecule has 1 aliphatic rings. The van der Waals surface area contributed by atoms with Gasteiger partial charge in [0, 0.05) is 17.9 Å². The molecule has 2 heterocycles. The van der Waals surface area contributed by atoms with Gasteiger partial charge >= 0.3 is 0 Å². The molecule has 2 N–H and O–H groups in total. The first-order chi connectivity index (χ1) is 8.16. The molecule has 0 aromatic carbocycles. The Labute approximate surface area is 103 Å². The maximum absolute atomic E-state index is 11.7. The molecule has 0 bridgehead atoms. The van der Waals surface area contributed by atoms with Crippen LogP contribution in [-0.4, -0.2) is 23.9 Å². The number of hydrogen-bond donors (Lipinski definition) is 2. The van der Waals surface area contributed by atoms with E-state index in [2.05, 4.69) is 5.48 Å². The third kappa shape index (κ3) is 3.18. The average Bonchev–Trinajstić information content (AvgIpc) is 2.67. The number of nitrogens with one attached hydrogen (secondary N) is 1. The summed E-state index contributed by atoms with van der Waals surface area (Å²) in [6.45, 7) is 2.48. The Kier molecular flexibility index (Phi) is 3.98. The summed E-state index contributed by atoms with van der Waals surface area (Å²) in [6.07, 6.45) is 2.45.